The maximum atomic E-state index is 12.4. The van der Waals surface area contributed by atoms with Crippen molar-refractivity contribution in [2.75, 3.05) is 0 Å². The molecular weight excluding hydrogens is 314 g/mol. The van der Waals surface area contributed by atoms with E-state index in [9.17, 15) is 4.79 Å². The van der Waals surface area contributed by atoms with Gasteiger partial charge in [0.25, 0.3) is 0 Å². The molecule has 0 atom stereocenters. The van der Waals surface area contributed by atoms with Crippen LogP contribution in [0.2, 0.25) is 0 Å². The monoisotopic (exact) mass is 335 g/mol. The van der Waals surface area contributed by atoms with Crippen molar-refractivity contribution in [1.82, 2.24) is 15.0 Å². The average molecular weight is 335 g/mol. The van der Waals surface area contributed by atoms with E-state index in [2.05, 4.69) is 36.3 Å². The van der Waals surface area contributed by atoms with E-state index < -0.39 is 5.97 Å². The van der Waals surface area contributed by atoms with E-state index >= 15 is 0 Å². The van der Waals surface area contributed by atoms with Crippen molar-refractivity contribution in [1.29, 1.82) is 0 Å². The second-order valence-corrected chi connectivity index (χ2v) is 6.34. The first kappa shape index (κ1) is 16.9. The fourth-order valence-corrected chi connectivity index (χ4v) is 2.58. The van der Waals surface area contributed by atoms with Crippen molar-refractivity contribution in [3.05, 3.63) is 71.0 Å². The standard InChI is InChI=1S/C20H21N3O2/c1-13(2)16-9-11-17(12-10-16)23-15(4)19(21-22-23)20(24)25-18-8-6-5-7-14(18)3/h5-13H,1-4H3. The van der Waals surface area contributed by atoms with Gasteiger partial charge in [-0.15, -0.1) is 5.10 Å². The van der Waals surface area contributed by atoms with Crippen LogP contribution in [0.3, 0.4) is 0 Å². The van der Waals surface area contributed by atoms with Crippen molar-refractivity contribution in [3.8, 4) is 11.4 Å². The highest BCUT2D eigenvalue weighted by atomic mass is 16.5. The molecule has 0 aliphatic heterocycles. The first-order chi connectivity index (χ1) is 12.0. The molecule has 0 saturated carbocycles. The van der Waals surface area contributed by atoms with Gasteiger partial charge in [0.05, 0.1) is 11.4 Å². The van der Waals surface area contributed by atoms with Gasteiger partial charge in [-0.2, -0.15) is 0 Å². The van der Waals surface area contributed by atoms with Crippen LogP contribution in [0.4, 0.5) is 0 Å². The lowest BCUT2D eigenvalue weighted by atomic mass is 10.0. The Morgan fingerprint density at radius 3 is 2.36 bits per heavy atom. The minimum absolute atomic E-state index is 0.219. The van der Waals surface area contributed by atoms with E-state index in [1.807, 2.05) is 44.2 Å². The van der Waals surface area contributed by atoms with E-state index in [1.54, 1.807) is 10.7 Å². The number of benzene rings is 2. The third-order valence-corrected chi connectivity index (χ3v) is 4.19. The van der Waals surface area contributed by atoms with E-state index in [0.717, 1.165) is 11.3 Å². The molecule has 0 N–H and O–H groups in total. The van der Waals surface area contributed by atoms with Crippen LogP contribution in [0, 0.1) is 13.8 Å². The van der Waals surface area contributed by atoms with E-state index in [4.69, 9.17) is 4.74 Å². The Morgan fingerprint density at radius 2 is 1.72 bits per heavy atom. The Balaban J connectivity index is 1.85. The lowest BCUT2D eigenvalue weighted by molar-refractivity contribution is 0.0726. The zero-order chi connectivity index (χ0) is 18.0. The Morgan fingerprint density at radius 1 is 1.04 bits per heavy atom. The molecule has 1 aromatic heterocycles. The summed E-state index contributed by atoms with van der Waals surface area (Å²) in [5, 5.41) is 8.13. The average Bonchev–Trinajstić information content (AvgIpc) is 2.98. The summed E-state index contributed by atoms with van der Waals surface area (Å²) in [5.41, 5.74) is 3.88. The Labute approximate surface area is 147 Å². The molecule has 2 aromatic carbocycles. The second-order valence-electron chi connectivity index (χ2n) is 6.34. The van der Waals surface area contributed by atoms with Crippen molar-refractivity contribution in [2.24, 2.45) is 0 Å². The van der Waals surface area contributed by atoms with Crippen LogP contribution in [0.5, 0.6) is 5.75 Å². The van der Waals surface area contributed by atoms with Crippen LogP contribution < -0.4 is 4.74 Å². The molecule has 0 unspecified atom stereocenters. The number of carbonyl (C=O) groups excluding carboxylic acids is 1. The summed E-state index contributed by atoms with van der Waals surface area (Å²) in [4.78, 5) is 12.4. The first-order valence-corrected chi connectivity index (χ1v) is 8.28. The summed E-state index contributed by atoms with van der Waals surface area (Å²) in [7, 11) is 0. The molecule has 0 fully saturated rings. The zero-order valence-corrected chi connectivity index (χ0v) is 14.9. The molecule has 0 amide bonds. The molecule has 1 heterocycles. The number of para-hydroxylation sites is 1. The zero-order valence-electron chi connectivity index (χ0n) is 14.9. The molecule has 0 radical (unpaired) electrons. The molecule has 3 aromatic rings. The van der Waals surface area contributed by atoms with Gasteiger partial charge in [-0.3, -0.25) is 0 Å². The number of rotatable bonds is 4. The number of nitrogens with zero attached hydrogens (tertiary/aromatic N) is 3. The molecule has 0 aliphatic rings. The largest absolute Gasteiger partial charge is 0.421 e. The van der Waals surface area contributed by atoms with Crippen LogP contribution in [-0.4, -0.2) is 21.0 Å². The first-order valence-electron chi connectivity index (χ1n) is 8.28. The summed E-state index contributed by atoms with van der Waals surface area (Å²) < 4.78 is 7.11. The molecule has 0 spiro atoms. The highest BCUT2D eigenvalue weighted by Gasteiger charge is 2.20. The van der Waals surface area contributed by atoms with Gasteiger partial charge >= 0.3 is 5.97 Å². The fraction of sp³-hybridized carbons (Fsp3) is 0.250. The van der Waals surface area contributed by atoms with Crippen LogP contribution in [-0.2, 0) is 0 Å². The van der Waals surface area contributed by atoms with Gasteiger partial charge in [-0.25, -0.2) is 9.48 Å². The number of hydrogen-bond donors (Lipinski definition) is 0. The summed E-state index contributed by atoms with van der Waals surface area (Å²) >= 11 is 0. The highest BCUT2D eigenvalue weighted by molar-refractivity contribution is 5.90. The lowest BCUT2D eigenvalue weighted by Gasteiger charge is -2.08. The number of ether oxygens (including phenoxy) is 1. The molecule has 25 heavy (non-hydrogen) atoms. The van der Waals surface area contributed by atoms with Crippen molar-refractivity contribution >= 4 is 5.97 Å². The van der Waals surface area contributed by atoms with Crippen LogP contribution >= 0.6 is 0 Å². The van der Waals surface area contributed by atoms with Gasteiger partial charge in [0.1, 0.15) is 5.75 Å². The molecule has 3 rings (SSSR count). The van der Waals surface area contributed by atoms with Gasteiger partial charge in [-0.1, -0.05) is 49.4 Å². The summed E-state index contributed by atoms with van der Waals surface area (Å²) in [6.07, 6.45) is 0. The molecule has 0 aliphatic carbocycles. The Bertz CT molecular complexity index is 896. The Hall–Kier alpha value is -2.95. The van der Waals surface area contributed by atoms with Gasteiger partial charge in [-0.05, 0) is 49.1 Å². The smallest absolute Gasteiger partial charge is 0.366 e. The summed E-state index contributed by atoms with van der Waals surface area (Å²) in [6, 6.07) is 15.5. The normalized spacial score (nSPS) is 10.9. The predicted octanol–water partition coefficient (Wildman–Crippen LogP) is 4.23. The molecule has 0 saturated heterocycles. The fourth-order valence-electron chi connectivity index (χ4n) is 2.58. The van der Waals surface area contributed by atoms with Crippen molar-refractivity contribution in [3.63, 3.8) is 0 Å². The van der Waals surface area contributed by atoms with Gasteiger partial charge in [0.15, 0.2) is 5.69 Å². The SMILES string of the molecule is Cc1ccccc1OC(=O)c1nnn(-c2ccc(C(C)C)cc2)c1C. The van der Waals surface area contributed by atoms with E-state index in [0.29, 0.717) is 17.4 Å². The third-order valence-electron chi connectivity index (χ3n) is 4.19. The topological polar surface area (TPSA) is 57.0 Å². The van der Waals surface area contributed by atoms with Gasteiger partial charge in [0.2, 0.25) is 0 Å². The van der Waals surface area contributed by atoms with Crippen LogP contribution in [0.15, 0.2) is 48.5 Å². The summed E-state index contributed by atoms with van der Waals surface area (Å²) in [6.45, 7) is 8.00. The number of esters is 1. The van der Waals surface area contributed by atoms with E-state index in [1.165, 1.54) is 5.56 Å². The van der Waals surface area contributed by atoms with E-state index in [-0.39, 0.29) is 5.69 Å². The molecule has 128 valence electrons. The highest BCUT2D eigenvalue weighted by Crippen LogP contribution is 2.20. The van der Waals surface area contributed by atoms with Gasteiger partial charge in [0, 0.05) is 0 Å². The Kier molecular flexibility index (Phi) is 4.65. The number of hydrogen-bond acceptors (Lipinski definition) is 4. The maximum absolute atomic E-state index is 12.4. The predicted molar refractivity (Wildman–Crippen MR) is 96.3 cm³/mol. The molecule has 5 heteroatoms. The number of aryl methyl sites for hydroxylation is 1. The summed E-state index contributed by atoms with van der Waals surface area (Å²) in [5.74, 6) is 0.491. The van der Waals surface area contributed by atoms with Crippen molar-refractivity contribution in [2.45, 2.75) is 33.6 Å². The number of aromatic nitrogens is 3. The van der Waals surface area contributed by atoms with Crippen LogP contribution in [0.1, 0.15) is 47.1 Å². The second kappa shape index (κ2) is 6.89. The molecule has 5 nitrogen and oxygen atoms in total. The van der Waals surface area contributed by atoms with Crippen LogP contribution in [0.25, 0.3) is 5.69 Å². The lowest BCUT2D eigenvalue weighted by Crippen LogP contribution is -2.12. The minimum Gasteiger partial charge on any atom is -0.421 e. The minimum atomic E-state index is -0.503. The molecule has 0 bridgehead atoms. The van der Waals surface area contributed by atoms with Gasteiger partial charge < -0.3 is 4.74 Å². The third kappa shape index (κ3) is 3.45. The maximum Gasteiger partial charge on any atom is 0.366 e. The number of carbonyl (C=O) groups is 1. The van der Waals surface area contributed by atoms with Crippen molar-refractivity contribution < 1.29 is 9.53 Å². The molecular formula is C20H21N3O2. The quantitative estimate of drug-likeness (QED) is 0.529.